The summed E-state index contributed by atoms with van der Waals surface area (Å²) in [6.45, 7) is 3.97. The van der Waals surface area contributed by atoms with Crippen LogP contribution in [0.5, 0.6) is 0 Å². The first-order chi connectivity index (χ1) is 6.65. The van der Waals surface area contributed by atoms with E-state index in [1.165, 1.54) is 0 Å². The van der Waals surface area contributed by atoms with Gasteiger partial charge in [0.25, 0.3) is 0 Å². The number of oxazole rings is 1. The summed E-state index contributed by atoms with van der Waals surface area (Å²) in [7, 11) is 0. The molecule has 0 radical (unpaired) electrons. The molecule has 1 aliphatic rings. The number of rotatable bonds is 3. The fraction of sp³-hybridized carbons (Fsp3) is 0.700. The summed E-state index contributed by atoms with van der Waals surface area (Å²) >= 11 is 0. The van der Waals surface area contributed by atoms with E-state index >= 15 is 0 Å². The van der Waals surface area contributed by atoms with Crippen LogP contribution in [-0.2, 0) is 0 Å². The van der Waals surface area contributed by atoms with Crippen molar-refractivity contribution >= 4 is 0 Å². The summed E-state index contributed by atoms with van der Waals surface area (Å²) in [5.74, 6) is 1.63. The Morgan fingerprint density at radius 2 is 2.36 bits per heavy atom. The lowest BCUT2D eigenvalue weighted by molar-refractivity contribution is 0.256. The average molecular weight is 195 g/mol. The van der Waals surface area contributed by atoms with Crippen LogP contribution >= 0.6 is 0 Å². The third kappa shape index (κ3) is 1.96. The molecule has 3 N–H and O–H groups in total. The summed E-state index contributed by atoms with van der Waals surface area (Å²) in [4.78, 5) is 4.19. The lowest BCUT2D eigenvalue weighted by atomic mass is 9.87. The van der Waals surface area contributed by atoms with Gasteiger partial charge in [0, 0.05) is 12.1 Å². The lowest BCUT2D eigenvalue weighted by Crippen LogP contribution is -2.49. The van der Waals surface area contributed by atoms with Crippen molar-refractivity contribution in [2.24, 2.45) is 5.73 Å². The first kappa shape index (κ1) is 9.68. The highest BCUT2D eigenvalue weighted by molar-refractivity contribution is 4.97. The van der Waals surface area contributed by atoms with Crippen molar-refractivity contribution in [2.75, 3.05) is 0 Å². The molecule has 4 heteroatoms. The standard InChI is InChI=1S/C10H17N3O/c1-6-5-12-10(14-6)7(2)13-9-3-8(11)4-9/h5,7-9,13H,3-4,11H2,1-2H3. The molecule has 4 nitrogen and oxygen atoms in total. The molecule has 0 spiro atoms. The van der Waals surface area contributed by atoms with Gasteiger partial charge in [-0.25, -0.2) is 4.98 Å². The van der Waals surface area contributed by atoms with Gasteiger partial charge < -0.3 is 15.5 Å². The second kappa shape index (κ2) is 3.71. The highest BCUT2D eigenvalue weighted by Gasteiger charge is 2.27. The van der Waals surface area contributed by atoms with Crippen LogP contribution in [0.15, 0.2) is 10.6 Å². The minimum absolute atomic E-state index is 0.182. The van der Waals surface area contributed by atoms with Crippen molar-refractivity contribution in [3.8, 4) is 0 Å². The molecule has 0 saturated heterocycles. The SMILES string of the molecule is Cc1cnc(C(C)NC2CC(N)C2)o1. The molecule has 1 atom stereocenters. The minimum Gasteiger partial charge on any atom is -0.444 e. The van der Waals surface area contributed by atoms with Crippen molar-refractivity contribution < 1.29 is 4.42 Å². The topological polar surface area (TPSA) is 64.1 Å². The van der Waals surface area contributed by atoms with Crippen LogP contribution in [0.1, 0.15) is 37.5 Å². The molecule has 1 aromatic rings. The van der Waals surface area contributed by atoms with Crippen LogP contribution < -0.4 is 11.1 Å². The van der Waals surface area contributed by atoms with Crippen molar-refractivity contribution in [1.82, 2.24) is 10.3 Å². The quantitative estimate of drug-likeness (QED) is 0.758. The summed E-state index contributed by atoms with van der Waals surface area (Å²) in [5.41, 5.74) is 5.71. The number of nitrogens with two attached hydrogens (primary N) is 1. The highest BCUT2D eigenvalue weighted by atomic mass is 16.4. The average Bonchev–Trinajstić information content (AvgIpc) is 2.49. The molecular weight excluding hydrogens is 178 g/mol. The van der Waals surface area contributed by atoms with Crippen molar-refractivity contribution in [2.45, 2.75) is 44.8 Å². The number of hydrogen-bond acceptors (Lipinski definition) is 4. The normalized spacial score (nSPS) is 28.5. The van der Waals surface area contributed by atoms with Crippen LogP contribution in [0.3, 0.4) is 0 Å². The highest BCUT2D eigenvalue weighted by Crippen LogP contribution is 2.21. The largest absolute Gasteiger partial charge is 0.444 e. The van der Waals surface area contributed by atoms with Gasteiger partial charge in [0.2, 0.25) is 5.89 Å². The van der Waals surface area contributed by atoms with Gasteiger partial charge in [-0.3, -0.25) is 0 Å². The van der Waals surface area contributed by atoms with Crippen molar-refractivity contribution in [3.63, 3.8) is 0 Å². The van der Waals surface area contributed by atoms with Crippen LogP contribution in [0.25, 0.3) is 0 Å². The molecule has 2 rings (SSSR count). The maximum atomic E-state index is 5.71. The van der Waals surface area contributed by atoms with E-state index in [2.05, 4.69) is 17.2 Å². The minimum atomic E-state index is 0.182. The molecular formula is C10H17N3O. The van der Waals surface area contributed by atoms with E-state index in [0.717, 1.165) is 24.5 Å². The van der Waals surface area contributed by atoms with Gasteiger partial charge in [-0.1, -0.05) is 0 Å². The van der Waals surface area contributed by atoms with Crippen molar-refractivity contribution in [1.29, 1.82) is 0 Å². The van der Waals surface area contributed by atoms with E-state index in [1.54, 1.807) is 6.20 Å². The van der Waals surface area contributed by atoms with E-state index in [4.69, 9.17) is 10.2 Å². The second-order valence-corrected chi connectivity index (χ2v) is 4.13. The summed E-state index contributed by atoms with van der Waals surface area (Å²) in [6.07, 6.45) is 3.87. The van der Waals surface area contributed by atoms with Gasteiger partial charge in [-0.15, -0.1) is 0 Å². The number of aryl methyl sites for hydroxylation is 1. The summed E-state index contributed by atoms with van der Waals surface area (Å²) in [5, 5.41) is 3.44. The van der Waals surface area contributed by atoms with Gasteiger partial charge in [-0.2, -0.15) is 0 Å². The van der Waals surface area contributed by atoms with Gasteiger partial charge in [0.1, 0.15) is 5.76 Å². The molecule has 78 valence electrons. The van der Waals surface area contributed by atoms with E-state index in [0.29, 0.717) is 12.1 Å². The van der Waals surface area contributed by atoms with Crippen molar-refractivity contribution in [3.05, 3.63) is 17.8 Å². The maximum absolute atomic E-state index is 5.71. The Labute approximate surface area is 83.9 Å². The predicted octanol–water partition coefficient (Wildman–Crippen LogP) is 1.12. The summed E-state index contributed by atoms with van der Waals surface area (Å²) in [6, 6.07) is 1.10. The van der Waals surface area contributed by atoms with E-state index in [9.17, 15) is 0 Å². The summed E-state index contributed by atoms with van der Waals surface area (Å²) < 4.78 is 5.44. The molecule has 1 aromatic heterocycles. The zero-order chi connectivity index (χ0) is 10.1. The molecule has 1 saturated carbocycles. The monoisotopic (exact) mass is 195 g/mol. The fourth-order valence-corrected chi connectivity index (χ4v) is 1.80. The molecule has 14 heavy (non-hydrogen) atoms. The Kier molecular flexibility index (Phi) is 2.56. The Hall–Kier alpha value is -0.870. The fourth-order valence-electron chi connectivity index (χ4n) is 1.80. The van der Waals surface area contributed by atoms with Gasteiger partial charge >= 0.3 is 0 Å². The third-order valence-electron chi connectivity index (χ3n) is 2.67. The van der Waals surface area contributed by atoms with Gasteiger partial charge in [-0.05, 0) is 26.7 Å². The number of nitrogens with zero attached hydrogens (tertiary/aromatic N) is 1. The van der Waals surface area contributed by atoms with Crippen LogP contribution in [0.2, 0.25) is 0 Å². The number of nitrogens with one attached hydrogen (secondary N) is 1. The first-order valence-corrected chi connectivity index (χ1v) is 5.09. The molecule has 1 aliphatic carbocycles. The van der Waals surface area contributed by atoms with Crippen LogP contribution in [0.4, 0.5) is 0 Å². The number of aromatic nitrogens is 1. The first-order valence-electron chi connectivity index (χ1n) is 5.09. The Morgan fingerprint density at radius 3 is 2.86 bits per heavy atom. The lowest BCUT2D eigenvalue weighted by Gasteiger charge is -2.34. The molecule has 1 unspecified atom stereocenters. The Bertz CT molecular complexity index is 304. The molecule has 0 amide bonds. The Morgan fingerprint density at radius 1 is 1.64 bits per heavy atom. The molecule has 1 heterocycles. The zero-order valence-corrected chi connectivity index (χ0v) is 8.66. The van der Waals surface area contributed by atoms with Gasteiger partial charge in [0.05, 0.1) is 12.2 Å². The maximum Gasteiger partial charge on any atom is 0.211 e. The molecule has 0 aliphatic heterocycles. The second-order valence-electron chi connectivity index (χ2n) is 4.13. The molecule has 0 bridgehead atoms. The van der Waals surface area contributed by atoms with E-state index < -0.39 is 0 Å². The zero-order valence-electron chi connectivity index (χ0n) is 8.66. The predicted molar refractivity (Wildman–Crippen MR) is 53.8 cm³/mol. The Balaban J connectivity index is 1.86. The van der Waals surface area contributed by atoms with Crippen LogP contribution in [0, 0.1) is 6.92 Å². The molecule has 1 fully saturated rings. The smallest absolute Gasteiger partial charge is 0.211 e. The van der Waals surface area contributed by atoms with Crippen LogP contribution in [-0.4, -0.2) is 17.1 Å². The number of hydrogen-bond donors (Lipinski definition) is 2. The van der Waals surface area contributed by atoms with E-state index in [1.807, 2.05) is 6.92 Å². The van der Waals surface area contributed by atoms with Gasteiger partial charge in [0.15, 0.2) is 0 Å². The third-order valence-corrected chi connectivity index (χ3v) is 2.67. The van der Waals surface area contributed by atoms with E-state index in [-0.39, 0.29) is 6.04 Å². The molecule has 0 aromatic carbocycles.